The van der Waals surface area contributed by atoms with Gasteiger partial charge in [-0.25, -0.2) is 22.3 Å². The van der Waals surface area contributed by atoms with E-state index < -0.39 is 61.3 Å². The molecule has 5 rings (SSSR count). The van der Waals surface area contributed by atoms with Crippen LogP contribution < -0.4 is 10.6 Å². The van der Waals surface area contributed by atoms with Crippen molar-refractivity contribution in [1.29, 1.82) is 0 Å². The number of ether oxygens (including phenoxy) is 1. The van der Waals surface area contributed by atoms with Crippen molar-refractivity contribution in [2.75, 3.05) is 16.9 Å². The predicted molar refractivity (Wildman–Crippen MR) is 177 cm³/mol. The van der Waals surface area contributed by atoms with Crippen molar-refractivity contribution in [1.82, 2.24) is 9.78 Å². The van der Waals surface area contributed by atoms with Crippen molar-refractivity contribution in [3.63, 3.8) is 0 Å². The summed E-state index contributed by atoms with van der Waals surface area (Å²) in [6, 6.07) is 18.2. The Bertz CT molecular complexity index is 1970. The fourth-order valence-corrected chi connectivity index (χ4v) is 7.27. The Hall–Kier alpha value is -4.72. The van der Waals surface area contributed by atoms with Gasteiger partial charge in [0.05, 0.1) is 11.4 Å². The minimum atomic E-state index is -4.94. The van der Waals surface area contributed by atoms with Crippen molar-refractivity contribution < 1.29 is 40.3 Å². The Balaban J connectivity index is 1.54. The summed E-state index contributed by atoms with van der Waals surface area (Å²) in [4.78, 5) is 26.0. The molecular formula is C35H36F4N4O5S. The molecule has 1 fully saturated rings. The first-order valence-electron chi connectivity index (χ1n) is 15.5. The van der Waals surface area contributed by atoms with Gasteiger partial charge in [0.2, 0.25) is 0 Å². The molecule has 1 saturated carbocycles. The average Bonchev–Trinajstić information content (AvgIpc) is 3.71. The zero-order chi connectivity index (χ0) is 35.8. The largest absolute Gasteiger partial charge is 0.444 e. The van der Waals surface area contributed by atoms with E-state index in [1.54, 1.807) is 51.1 Å². The number of nitrogens with zero attached hydrogens (tertiary/aromatic N) is 2. The van der Waals surface area contributed by atoms with Crippen molar-refractivity contribution in [3.05, 3.63) is 107 Å². The van der Waals surface area contributed by atoms with E-state index in [0.717, 1.165) is 29.8 Å². The summed E-state index contributed by atoms with van der Waals surface area (Å²) in [5.74, 6) is -1.71. The Morgan fingerprint density at radius 1 is 0.918 bits per heavy atom. The highest BCUT2D eigenvalue weighted by molar-refractivity contribution is 7.91. The summed E-state index contributed by atoms with van der Waals surface area (Å²) in [5.41, 5.74) is -2.45. The SMILES string of the molecule is CC(C)(C)OC(=O)Nc1cccc(-n2nc(C(F)(F)F)cc2C(=O)Nc2cc(C(CCC3CC3)(c3ccccc3)S(C)(=O)=O)ccc2F)c1. The number of halogens is 4. The van der Waals surface area contributed by atoms with Gasteiger partial charge in [-0.2, -0.15) is 18.3 Å². The van der Waals surface area contributed by atoms with E-state index in [2.05, 4.69) is 15.7 Å². The normalized spacial score (nSPS) is 14.9. The number of sulfone groups is 1. The molecule has 0 saturated heterocycles. The van der Waals surface area contributed by atoms with Gasteiger partial charge >= 0.3 is 12.3 Å². The summed E-state index contributed by atoms with van der Waals surface area (Å²) in [7, 11) is -3.90. The third kappa shape index (κ3) is 8.12. The lowest BCUT2D eigenvalue weighted by molar-refractivity contribution is -0.141. The molecule has 0 radical (unpaired) electrons. The maximum atomic E-state index is 15.3. The van der Waals surface area contributed by atoms with Crippen LogP contribution in [0.25, 0.3) is 5.69 Å². The summed E-state index contributed by atoms with van der Waals surface area (Å²) < 4.78 is 88.6. The average molecular weight is 701 g/mol. The molecule has 2 amide bonds. The highest BCUT2D eigenvalue weighted by Crippen LogP contribution is 2.46. The van der Waals surface area contributed by atoms with Crippen LogP contribution in [0.4, 0.5) is 33.7 Å². The number of carbonyl (C=O) groups is 2. The van der Waals surface area contributed by atoms with E-state index in [1.807, 2.05) is 0 Å². The maximum absolute atomic E-state index is 15.3. The first kappa shape index (κ1) is 35.6. The fraction of sp³-hybridized carbons (Fsp3) is 0.343. The highest BCUT2D eigenvalue weighted by Gasteiger charge is 2.45. The monoisotopic (exact) mass is 700 g/mol. The van der Waals surface area contributed by atoms with Crippen molar-refractivity contribution in [2.45, 2.75) is 63.0 Å². The summed E-state index contributed by atoms with van der Waals surface area (Å²) in [6.07, 6.45) is -1.88. The smallest absolute Gasteiger partial charge is 0.435 e. The molecule has 2 N–H and O–H groups in total. The molecule has 1 heterocycles. The molecule has 3 aromatic carbocycles. The van der Waals surface area contributed by atoms with Crippen LogP contribution in [-0.2, 0) is 25.5 Å². The van der Waals surface area contributed by atoms with Crippen LogP contribution in [-0.4, -0.2) is 42.1 Å². The van der Waals surface area contributed by atoms with Gasteiger partial charge in [-0.15, -0.1) is 0 Å². The third-order valence-corrected chi connectivity index (χ3v) is 10.1. The first-order valence-corrected chi connectivity index (χ1v) is 17.4. The minimum Gasteiger partial charge on any atom is -0.444 e. The number of nitrogens with one attached hydrogen (secondary N) is 2. The molecule has 14 heteroatoms. The number of rotatable bonds is 10. The van der Waals surface area contributed by atoms with Gasteiger partial charge in [0.25, 0.3) is 5.91 Å². The molecule has 1 unspecified atom stereocenters. The fourth-order valence-electron chi connectivity index (χ4n) is 5.66. The van der Waals surface area contributed by atoms with Gasteiger partial charge in [-0.05, 0) is 81.0 Å². The van der Waals surface area contributed by atoms with Crippen LogP contribution in [0, 0.1) is 11.7 Å². The summed E-state index contributed by atoms with van der Waals surface area (Å²) in [6.45, 7) is 4.98. The number of alkyl halides is 3. The lowest BCUT2D eigenvalue weighted by atomic mass is 9.85. The number of hydrogen-bond donors (Lipinski definition) is 2. The van der Waals surface area contributed by atoms with Crippen LogP contribution in [0.1, 0.15) is 73.8 Å². The standard InChI is InChI=1S/C35H36F4N4O5S/c1-33(2,3)48-32(45)40-25-11-8-12-26(20-25)43-29(21-30(42-43)35(37,38)39)31(44)41-28-19-24(15-16-27(28)36)34(49(4,46)47,18-17-22-13-14-22)23-9-6-5-7-10-23/h5-12,15-16,19-22H,13-14,17-18H2,1-4H3,(H,40,45)(H,41,44). The number of benzene rings is 3. The number of carbonyl (C=O) groups excluding carboxylic acids is 2. The molecule has 0 spiro atoms. The number of anilines is 2. The number of hydrogen-bond acceptors (Lipinski definition) is 6. The quantitative estimate of drug-likeness (QED) is 0.161. The van der Waals surface area contributed by atoms with Crippen molar-refractivity contribution in [2.24, 2.45) is 5.92 Å². The van der Waals surface area contributed by atoms with E-state index in [1.165, 1.54) is 36.4 Å². The minimum absolute atomic E-state index is 0.0244. The molecule has 1 aliphatic carbocycles. The second-order valence-electron chi connectivity index (χ2n) is 13.1. The van der Waals surface area contributed by atoms with Crippen molar-refractivity contribution >= 4 is 33.2 Å². The zero-order valence-electron chi connectivity index (χ0n) is 27.3. The van der Waals surface area contributed by atoms with E-state index in [-0.39, 0.29) is 23.4 Å². The van der Waals surface area contributed by atoms with Gasteiger partial charge < -0.3 is 10.1 Å². The molecule has 9 nitrogen and oxygen atoms in total. The second kappa shape index (κ2) is 13.3. The van der Waals surface area contributed by atoms with Crippen LogP contribution in [0.5, 0.6) is 0 Å². The summed E-state index contributed by atoms with van der Waals surface area (Å²) >= 11 is 0. The molecule has 1 aliphatic rings. The number of aromatic nitrogens is 2. The maximum Gasteiger partial charge on any atom is 0.435 e. The molecule has 260 valence electrons. The lowest BCUT2D eigenvalue weighted by Gasteiger charge is -2.34. The predicted octanol–water partition coefficient (Wildman–Crippen LogP) is 8.11. The van der Waals surface area contributed by atoms with E-state index >= 15 is 4.39 Å². The molecule has 0 bridgehead atoms. The van der Waals surface area contributed by atoms with Gasteiger partial charge in [-0.3, -0.25) is 10.1 Å². The van der Waals surface area contributed by atoms with E-state index in [9.17, 15) is 31.2 Å². The Kier molecular flexibility index (Phi) is 9.66. The second-order valence-corrected chi connectivity index (χ2v) is 15.3. The van der Waals surface area contributed by atoms with Gasteiger partial charge in [0.1, 0.15) is 21.9 Å². The van der Waals surface area contributed by atoms with Crippen LogP contribution in [0.2, 0.25) is 0 Å². The summed E-state index contributed by atoms with van der Waals surface area (Å²) in [5, 5.41) is 8.43. The molecular weight excluding hydrogens is 664 g/mol. The zero-order valence-corrected chi connectivity index (χ0v) is 28.1. The Morgan fingerprint density at radius 3 is 2.22 bits per heavy atom. The molecule has 0 aliphatic heterocycles. The topological polar surface area (TPSA) is 119 Å². The van der Waals surface area contributed by atoms with Crippen LogP contribution in [0.15, 0.2) is 78.9 Å². The lowest BCUT2D eigenvalue weighted by Crippen LogP contribution is -2.37. The van der Waals surface area contributed by atoms with E-state index in [0.29, 0.717) is 24.0 Å². The highest BCUT2D eigenvalue weighted by atomic mass is 32.2. The van der Waals surface area contributed by atoms with Gasteiger partial charge in [0.15, 0.2) is 15.5 Å². The molecule has 1 aromatic heterocycles. The van der Waals surface area contributed by atoms with E-state index in [4.69, 9.17) is 4.74 Å². The molecule has 49 heavy (non-hydrogen) atoms. The Labute approximate surface area is 281 Å². The molecule has 1 atom stereocenters. The van der Waals surface area contributed by atoms with Gasteiger partial charge in [-0.1, -0.05) is 55.3 Å². The first-order chi connectivity index (χ1) is 22.9. The van der Waals surface area contributed by atoms with Crippen molar-refractivity contribution in [3.8, 4) is 5.69 Å². The van der Waals surface area contributed by atoms with Gasteiger partial charge in [0, 0.05) is 18.0 Å². The van der Waals surface area contributed by atoms with Crippen LogP contribution >= 0.6 is 0 Å². The molecule has 4 aromatic rings. The number of amides is 2. The Morgan fingerprint density at radius 2 is 1.61 bits per heavy atom. The van der Waals surface area contributed by atoms with Crippen LogP contribution in [0.3, 0.4) is 0 Å². The third-order valence-electron chi connectivity index (χ3n) is 8.12.